The molecular formula is C24H33ClN4O. The van der Waals surface area contributed by atoms with Gasteiger partial charge in [-0.15, -0.1) is 0 Å². The molecule has 2 aliphatic rings. The van der Waals surface area contributed by atoms with Crippen molar-refractivity contribution in [2.75, 3.05) is 19.6 Å². The van der Waals surface area contributed by atoms with E-state index in [1.807, 2.05) is 24.3 Å². The molecule has 162 valence electrons. The van der Waals surface area contributed by atoms with Crippen LogP contribution in [-0.2, 0) is 13.0 Å². The summed E-state index contributed by atoms with van der Waals surface area (Å²) in [5.74, 6) is 0.850. The van der Waals surface area contributed by atoms with Crippen molar-refractivity contribution in [1.82, 2.24) is 19.8 Å². The van der Waals surface area contributed by atoms with E-state index >= 15 is 0 Å². The summed E-state index contributed by atoms with van der Waals surface area (Å²) in [6, 6.07) is 8.42. The van der Waals surface area contributed by atoms with Crippen LogP contribution in [0.2, 0.25) is 5.02 Å². The van der Waals surface area contributed by atoms with Gasteiger partial charge in [0.15, 0.2) is 0 Å². The fraction of sp³-hybridized carbons (Fsp3) is 0.583. The molecular weight excluding hydrogens is 396 g/mol. The van der Waals surface area contributed by atoms with Crippen LogP contribution in [0.15, 0.2) is 24.3 Å². The van der Waals surface area contributed by atoms with Crippen molar-refractivity contribution < 1.29 is 4.79 Å². The van der Waals surface area contributed by atoms with Crippen LogP contribution in [0.4, 0.5) is 0 Å². The first-order valence-corrected chi connectivity index (χ1v) is 11.9. The smallest absolute Gasteiger partial charge is 0.271 e. The molecule has 1 aromatic carbocycles. The second kappa shape index (κ2) is 9.97. The van der Waals surface area contributed by atoms with Crippen molar-refractivity contribution >= 4 is 17.5 Å². The number of nitrogens with one attached hydrogen (secondary N) is 1. The zero-order chi connectivity index (χ0) is 20.9. The van der Waals surface area contributed by atoms with Gasteiger partial charge in [0.1, 0.15) is 11.5 Å². The van der Waals surface area contributed by atoms with Crippen LogP contribution in [0, 0.1) is 0 Å². The van der Waals surface area contributed by atoms with Gasteiger partial charge >= 0.3 is 0 Å². The number of carbonyl (C=O) groups excluding carboxylic acids is 1. The summed E-state index contributed by atoms with van der Waals surface area (Å²) in [4.78, 5) is 20.4. The zero-order valence-electron chi connectivity index (χ0n) is 18.0. The summed E-state index contributed by atoms with van der Waals surface area (Å²) in [6.07, 6.45) is 9.25. The Bertz CT molecular complexity index is 861. The van der Waals surface area contributed by atoms with Gasteiger partial charge in [0.05, 0.1) is 5.69 Å². The summed E-state index contributed by atoms with van der Waals surface area (Å²) in [6.45, 7) is 6.17. The van der Waals surface area contributed by atoms with Crippen molar-refractivity contribution in [3.8, 4) is 11.4 Å². The van der Waals surface area contributed by atoms with E-state index in [9.17, 15) is 4.79 Å². The van der Waals surface area contributed by atoms with Gasteiger partial charge in [-0.3, -0.25) is 4.79 Å². The Morgan fingerprint density at radius 3 is 2.73 bits per heavy atom. The standard InChI is InChI=1S/C24H33ClN4O/c1-18-8-4-6-15-28(18)16-7-14-26-24(30)22-21-9-3-2-5-17-29(21)23(27-22)19-10-12-20(25)13-11-19/h10-13,18H,2-9,14-17H2,1H3,(H,26,30)/t18-/m0/s1. The average Bonchev–Trinajstić information content (AvgIpc) is 2.94. The van der Waals surface area contributed by atoms with Crippen molar-refractivity contribution in [2.45, 2.75) is 70.9 Å². The summed E-state index contributed by atoms with van der Waals surface area (Å²) in [5, 5.41) is 3.85. The van der Waals surface area contributed by atoms with Crippen LogP contribution in [0.1, 0.15) is 68.1 Å². The number of fused-ring (bicyclic) bond motifs is 1. The van der Waals surface area contributed by atoms with Gasteiger partial charge in [-0.2, -0.15) is 0 Å². The second-order valence-corrected chi connectivity index (χ2v) is 9.13. The number of hydrogen-bond acceptors (Lipinski definition) is 3. The summed E-state index contributed by atoms with van der Waals surface area (Å²) in [7, 11) is 0. The molecule has 1 saturated heterocycles. The molecule has 5 nitrogen and oxygen atoms in total. The van der Waals surface area contributed by atoms with Gasteiger partial charge in [-0.25, -0.2) is 4.98 Å². The van der Waals surface area contributed by atoms with Crippen LogP contribution in [0.25, 0.3) is 11.4 Å². The predicted octanol–water partition coefficient (Wildman–Crippen LogP) is 4.92. The average molecular weight is 429 g/mol. The minimum absolute atomic E-state index is 0.0347. The highest BCUT2D eigenvalue weighted by Gasteiger charge is 2.24. The number of piperidine rings is 1. The van der Waals surface area contributed by atoms with Gasteiger partial charge < -0.3 is 14.8 Å². The number of aromatic nitrogens is 2. The Morgan fingerprint density at radius 1 is 1.13 bits per heavy atom. The number of imidazole rings is 1. The Labute approximate surface area is 184 Å². The number of likely N-dealkylation sites (tertiary alicyclic amines) is 1. The molecule has 2 aromatic rings. The van der Waals surface area contributed by atoms with Gasteiger partial charge in [-0.05, 0) is 76.3 Å². The van der Waals surface area contributed by atoms with Crippen LogP contribution in [-0.4, -0.2) is 46.0 Å². The first-order chi connectivity index (χ1) is 14.6. The molecule has 0 spiro atoms. The molecule has 4 rings (SSSR count). The number of rotatable bonds is 6. The monoisotopic (exact) mass is 428 g/mol. The molecule has 3 heterocycles. The molecule has 0 unspecified atom stereocenters. The summed E-state index contributed by atoms with van der Waals surface area (Å²) in [5.41, 5.74) is 2.70. The van der Waals surface area contributed by atoms with E-state index in [4.69, 9.17) is 16.6 Å². The number of amides is 1. The molecule has 0 radical (unpaired) electrons. The first-order valence-electron chi connectivity index (χ1n) is 11.5. The third-order valence-corrected chi connectivity index (χ3v) is 6.79. The van der Waals surface area contributed by atoms with Gasteiger partial charge in [0.25, 0.3) is 5.91 Å². The zero-order valence-corrected chi connectivity index (χ0v) is 18.8. The van der Waals surface area contributed by atoms with Crippen LogP contribution >= 0.6 is 11.6 Å². The fourth-order valence-corrected chi connectivity index (χ4v) is 4.90. The van der Waals surface area contributed by atoms with E-state index < -0.39 is 0 Å². The molecule has 1 N–H and O–H groups in total. The number of benzene rings is 1. The Kier molecular flexibility index (Phi) is 7.11. The number of hydrogen-bond donors (Lipinski definition) is 1. The second-order valence-electron chi connectivity index (χ2n) is 8.69. The largest absolute Gasteiger partial charge is 0.351 e. The molecule has 0 bridgehead atoms. The summed E-state index contributed by atoms with van der Waals surface area (Å²) < 4.78 is 2.25. The maximum atomic E-state index is 13.0. The maximum absolute atomic E-state index is 13.0. The van der Waals surface area contributed by atoms with E-state index in [1.165, 1.54) is 32.2 Å². The molecule has 0 saturated carbocycles. The molecule has 30 heavy (non-hydrogen) atoms. The highest BCUT2D eigenvalue weighted by Crippen LogP contribution is 2.28. The summed E-state index contributed by atoms with van der Waals surface area (Å²) >= 11 is 6.07. The number of halogens is 1. The normalized spacial score (nSPS) is 19.9. The fourth-order valence-electron chi connectivity index (χ4n) is 4.78. The molecule has 1 aromatic heterocycles. The SMILES string of the molecule is C[C@H]1CCCCN1CCCNC(=O)c1nc(-c2ccc(Cl)cc2)n2c1CCCCC2. The first kappa shape index (κ1) is 21.4. The molecule has 1 atom stereocenters. The lowest BCUT2D eigenvalue weighted by molar-refractivity contribution is 0.0943. The lowest BCUT2D eigenvalue weighted by Crippen LogP contribution is -2.39. The van der Waals surface area contributed by atoms with Crippen molar-refractivity contribution in [3.63, 3.8) is 0 Å². The van der Waals surface area contributed by atoms with Crippen molar-refractivity contribution in [2.24, 2.45) is 0 Å². The third kappa shape index (κ3) is 4.89. The molecule has 1 amide bonds. The number of carbonyl (C=O) groups is 1. The molecule has 0 aliphatic carbocycles. The van der Waals surface area contributed by atoms with E-state index in [-0.39, 0.29) is 5.91 Å². The minimum atomic E-state index is -0.0347. The van der Waals surface area contributed by atoms with E-state index in [2.05, 4.69) is 21.7 Å². The van der Waals surface area contributed by atoms with Crippen LogP contribution < -0.4 is 5.32 Å². The maximum Gasteiger partial charge on any atom is 0.271 e. The Hall–Kier alpha value is -1.85. The van der Waals surface area contributed by atoms with Crippen LogP contribution in [0.3, 0.4) is 0 Å². The lowest BCUT2D eigenvalue weighted by atomic mass is 10.0. The van der Waals surface area contributed by atoms with Crippen molar-refractivity contribution in [1.29, 1.82) is 0 Å². The predicted molar refractivity (Wildman–Crippen MR) is 122 cm³/mol. The quantitative estimate of drug-likeness (QED) is 0.664. The van der Waals surface area contributed by atoms with Gasteiger partial charge in [-0.1, -0.05) is 24.4 Å². The van der Waals surface area contributed by atoms with E-state index in [0.717, 1.165) is 55.9 Å². The van der Waals surface area contributed by atoms with E-state index in [0.29, 0.717) is 23.3 Å². The number of nitrogens with zero attached hydrogens (tertiary/aromatic N) is 3. The Morgan fingerprint density at radius 2 is 1.93 bits per heavy atom. The lowest BCUT2D eigenvalue weighted by Gasteiger charge is -2.33. The molecule has 2 aliphatic heterocycles. The van der Waals surface area contributed by atoms with Gasteiger partial charge in [0.2, 0.25) is 0 Å². The van der Waals surface area contributed by atoms with Crippen molar-refractivity contribution in [3.05, 3.63) is 40.7 Å². The highest BCUT2D eigenvalue weighted by atomic mass is 35.5. The van der Waals surface area contributed by atoms with Gasteiger partial charge in [0, 0.05) is 36.3 Å². The van der Waals surface area contributed by atoms with E-state index in [1.54, 1.807) is 0 Å². The third-order valence-electron chi connectivity index (χ3n) is 6.53. The minimum Gasteiger partial charge on any atom is -0.351 e. The topological polar surface area (TPSA) is 50.2 Å². The molecule has 6 heteroatoms. The molecule has 1 fully saturated rings. The van der Waals surface area contributed by atoms with Crippen LogP contribution in [0.5, 0.6) is 0 Å². The Balaban J connectivity index is 1.44. The highest BCUT2D eigenvalue weighted by molar-refractivity contribution is 6.30.